The third kappa shape index (κ3) is 4.04. The Morgan fingerprint density at radius 1 is 1.56 bits per heavy atom. The van der Waals surface area contributed by atoms with Crippen LogP contribution in [0.1, 0.15) is 43.2 Å². The molecule has 1 aliphatic heterocycles. The highest BCUT2D eigenvalue weighted by molar-refractivity contribution is 7.09. The van der Waals surface area contributed by atoms with Crippen LogP contribution in [0.25, 0.3) is 0 Å². The molecule has 1 aromatic heterocycles. The molecule has 4 heteroatoms. The first-order valence-corrected chi connectivity index (χ1v) is 8.02. The summed E-state index contributed by atoms with van der Waals surface area (Å²) >= 11 is 1.80. The molecule has 0 aliphatic carbocycles. The van der Waals surface area contributed by atoms with Crippen molar-refractivity contribution in [2.45, 2.75) is 52.1 Å². The van der Waals surface area contributed by atoms with Crippen molar-refractivity contribution in [1.82, 2.24) is 15.2 Å². The van der Waals surface area contributed by atoms with Crippen LogP contribution in [0.2, 0.25) is 0 Å². The fourth-order valence-corrected chi connectivity index (χ4v) is 3.34. The normalized spacial score (nSPS) is 19.8. The minimum atomic E-state index is 0.704. The second-order valence-electron chi connectivity index (χ2n) is 5.24. The van der Waals surface area contributed by atoms with E-state index < -0.39 is 0 Å². The van der Waals surface area contributed by atoms with Gasteiger partial charge in [-0.1, -0.05) is 13.3 Å². The van der Waals surface area contributed by atoms with E-state index in [1.54, 1.807) is 11.3 Å². The molecule has 0 bridgehead atoms. The Kier molecular flexibility index (Phi) is 5.60. The van der Waals surface area contributed by atoms with E-state index in [0.29, 0.717) is 6.04 Å². The zero-order valence-electron chi connectivity index (χ0n) is 11.6. The molecule has 18 heavy (non-hydrogen) atoms. The van der Waals surface area contributed by atoms with Gasteiger partial charge in [-0.25, -0.2) is 4.98 Å². The summed E-state index contributed by atoms with van der Waals surface area (Å²) in [6, 6.07) is 0.704. The Bertz CT molecular complexity index is 345. The Balaban J connectivity index is 1.89. The molecule has 1 N–H and O–H groups in total. The molecule has 1 atom stereocenters. The minimum absolute atomic E-state index is 0.704. The molecular weight excluding hydrogens is 242 g/mol. The standard InChI is InChI=1S/C14H25N3S/c1-3-4-8-17(9-13-6-5-7-15-13)10-14-12(2)16-11-18-14/h11,13,15H,3-10H2,1-2H3. The molecule has 0 amide bonds. The second-order valence-corrected chi connectivity index (χ2v) is 6.18. The van der Waals surface area contributed by atoms with Crippen molar-refractivity contribution in [3.8, 4) is 0 Å². The lowest BCUT2D eigenvalue weighted by Crippen LogP contribution is -2.37. The highest BCUT2D eigenvalue weighted by Gasteiger charge is 2.18. The molecule has 0 aromatic carbocycles. The molecule has 1 aliphatic rings. The van der Waals surface area contributed by atoms with Crippen molar-refractivity contribution in [2.24, 2.45) is 0 Å². The molecule has 1 fully saturated rings. The van der Waals surface area contributed by atoms with Gasteiger partial charge in [0.2, 0.25) is 0 Å². The smallest absolute Gasteiger partial charge is 0.0798 e. The number of rotatable bonds is 7. The number of thiazole rings is 1. The molecule has 0 spiro atoms. The van der Waals surface area contributed by atoms with Crippen LogP contribution >= 0.6 is 11.3 Å². The second kappa shape index (κ2) is 7.22. The average Bonchev–Trinajstić information content (AvgIpc) is 2.99. The lowest BCUT2D eigenvalue weighted by atomic mass is 10.2. The van der Waals surface area contributed by atoms with Crippen LogP contribution in [-0.2, 0) is 6.54 Å². The van der Waals surface area contributed by atoms with E-state index in [1.165, 1.54) is 55.9 Å². The van der Waals surface area contributed by atoms with Gasteiger partial charge >= 0.3 is 0 Å². The van der Waals surface area contributed by atoms with Crippen molar-refractivity contribution >= 4 is 11.3 Å². The molecule has 1 saturated heterocycles. The average molecular weight is 267 g/mol. The number of hydrogen-bond donors (Lipinski definition) is 1. The first kappa shape index (κ1) is 14.0. The zero-order valence-corrected chi connectivity index (χ0v) is 12.4. The SMILES string of the molecule is CCCCN(Cc1scnc1C)CC1CCCN1. The van der Waals surface area contributed by atoms with E-state index in [-0.39, 0.29) is 0 Å². The third-order valence-electron chi connectivity index (χ3n) is 3.68. The maximum Gasteiger partial charge on any atom is 0.0798 e. The predicted octanol–water partition coefficient (Wildman–Crippen LogP) is 2.81. The van der Waals surface area contributed by atoms with E-state index in [2.05, 4.69) is 29.0 Å². The van der Waals surface area contributed by atoms with Gasteiger partial charge in [0.1, 0.15) is 0 Å². The van der Waals surface area contributed by atoms with Gasteiger partial charge < -0.3 is 5.32 Å². The van der Waals surface area contributed by atoms with Crippen LogP contribution < -0.4 is 5.32 Å². The summed E-state index contributed by atoms with van der Waals surface area (Å²) in [6.45, 7) is 9.07. The summed E-state index contributed by atoms with van der Waals surface area (Å²) in [5.41, 5.74) is 3.18. The van der Waals surface area contributed by atoms with Crippen LogP contribution in [0.4, 0.5) is 0 Å². The van der Waals surface area contributed by atoms with Crippen molar-refractivity contribution in [3.05, 3.63) is 16.1 Å². The van der Waals surface area contributed by atoms with Crippen molar-refractivity contribution in [2.75, 3.05) is 19.6 Å². The molecular formula is C14H25N3S. The molecule has 0 saturated carbocycles. The maximum absolute atomic E-state index is 4.36. The topological polar surface area (TPSA) is 28.2 Å². The molecule has 3 nitrogen and oxygen atoms in total. The summed E-state index contributed by atoms with van der Waals surface area (Å²) in [6.07, 6.45) is 5.25. The number of aromatic nitrogens is 1. The molecule has 0 radical (unpaired) electrons. The van der Waals surface area contributed by atoms with Crippen LogP contribution in [0.5, 0.6) is 0 Å². The van der Waals surface area contributed by atoms with Gasteiger partial charge in [-0.2, -0.15) is 0 Å². The van der Waals surface area contributed by atoms with Gasteiger partial charge in [0.25, 0.3) is 0 Å². The van der Waals surface area contributed by atoms with E-state index in [4.69, 9.17) is 0 Å². The van der Waals surface area contributed by atoms with Gasteiger partial charge in [0.05, 0.1) is 11.2 Å². The van der Waals surface area contributed by atoms with Crippen molar-refractivity contribution in [3.63, 3.8) is 0 Å². The highest BCUT2D eigenvalue weighted by Crippen LogP contribution is 2.17. The lowest BCUT2D eigenvalue weighted by molar-refractivity contribution is 0.239. The van der Waals surface area contributed by atoms with Gasteiger partial charge in [-0.3, -0.25) is 4.90 Å². The molecule has 2 rings (SSSR count). The fourth-order valence-electron chi connectivity index (χ4n) is 2.52. The van der Waals surface area contributed by atoms with Crippen LogP contribution in [0, 0.1) is 6.92 Å². The minimum Gasteiger partial charge on any atom is -0.313 e. The maximum atomic E-state index is 4.36. The Hall–Kier alpha value is -0.450. The first-order valence-electron chi connectivity index (χ1n) is 7.14. The third-order valence-corrected chi connectivity index (χ3v) is 4.60. The Morgan fingerprint density at radius 2 is 2.44 bits per heavy atom. The van der Waals surface area contributed by atoms with Crippen molar-refractivity contribution in [1.29, 1.82) is 0 Å². The predicted molar refractivity (Wildman–Crippen MR) is 78.1 cm³/mol. The van der Waals surface area contributed by atoms with Gasteiger partial charge in [0.15, 0.2) is 0 Å². The Labute approximate surface area is 115 Å². The number of unbranched alkanes of at least 4 members (excludes halogenated alkanes) is 1. The summed E-state index contributed by atoms with van der Waals surface area (Å²) < 4.78 is 0. The van der Waals surface area contributed by atoms with Gasteiger partial charge in [0, 0.05) is 24.0 Å². The lowest BCUT2D eigenvalue weighted by Gasteiger charge is -2.25. The molecule has 1 unspecified atom stereocenters. The number of hydrogen-bond acceptors (Lipinski definition) is 4. The van der Waals surface area contributed by atoms with E-state index in [1.807, 2.05) is 5.51 Å². The van der Waals surface area contributed by atoms with Crippen LogP contribution in [0.3, 0.4) is 0 Å². The monoisotopic (exact) mass is 267 g/mol. The Morgan fingerprint density at radius 3 is 3.06 bits per heavy atom. The van der Waals surface area contributed by atoms with Crippen LogP contribution in [0.15, 0.2) is 5.51 Å². The number of nitrogens with one attached hydrogen (secondary N) is 1. The fraction of sp³-hybridized carbons (Fsp3) is 0.786. The summed E-state index contributed by atoms with van der Waals surface area (Å²) in [4.78, 5) is 8.40. The summed E-state index contributed by atoms with van der Waals surface area (Å²) in [5.74, 6) is 0. The van der Waals surface area contributed by atoms with Crippen molar-refractivity contribution < 1.29 is 0 Å². The summed E-state index contributed by atoms with van der Waals surface area (Å²) in [5, 5.41) is 3.60. The quantitative estimate of drug-likeness (QED) is 0.823. The van der Waals surface area contributed by atoms with E-state index >= 15 is 0 Å². The molecule has 102 valence electrons. The highest BCUT2D eigenvalue weighted by atomic mass is 32.1. The molecule has 1 aromatic rings. The number of nitrogens with zero attached hydrogens (tertiary/aromatic N) is 2. The van der Waals surface area contributed by atoms with E-state index in [0.717, 1.165) is 6.54 Å². The van der Waals surface area contributed by atoms with Crippen LogP contribution in [-0.4, -0.2) is 35.6 Å². The molecule has 2 heterocycles. The summed E-state index contributed by atoms with van der Waals surface area (Å²) in [7, 11) is 0. The van der Waals surface area contributed by atoms with Gasteiger partial charge in [-0.15, -0.1) is 11.3 Å². The largest absolute Gasteiger partial charge is 0.313 e. The van der Waals surface area contributed by atoms with E-state index in [9.17, 15) is 0 Å². The van der Waals surface area contributed by atoms with Gasteiger partial charge in [-0.05, 0) is 39.3 Å². The number of aryl methyl sites for hydroxylation is 1. The zero-order chi connectivity index (χ0) is 12.8. The first-order chi connectivity index (χ1) is 8.79.